The molecule has 2 amide bonds. The van der Waals surface area contributed by atoms with E-state index in [1.54, 1.807) is 0 Å². The zero-order chi connectivity index (χ0) is 31.6. The van der Waals surface area contributed by atoms with E-state index in [4.69, 9.17) is 0 Å². The van der Waals surface area contributed by atoms with Crippen LogP contribution in [0, 0.1) is 0 Å². The van der Waals surface area contributed by atoms with Crippen LogP contribution in [0.3, 0.4) is 0 Å². The quantitative estimate of drug-likeness (QED) is 0.175. The Morgan fingerprint density at radius 3 is 0.711 bits per heavy atom. The first-order chi connectivity index (χ1) is 16.0. The van der Waals surface area contributed by atoms with Gasteiger partial charge in [-0.15, -0.1) is 0 Å². The number of hydrazine groups is 1. The molecule has 226 valence electrons. The van der Waals surface area contributed by atoms with Crippen LogP contribution in [0.1, 0.15) is 0 Å². The van der Waals surface area contributed by atoms with Crippen molar-refractivity contribution in [3.63, 3.8) is 0 Å². The molecule has 0 aromatic heterocycles. The van der Waals surface area contributed by atoms with Crippen molar-refractivity contribution in [3.05, 3.63) is 0 Å². The van der Waals surface area contributed by atoms with Crippen LogP contribution in [0.25, 0.3) is 0 Å². The summed E-state index contributed by atoms with van der Waals surface area (Å²) in [6.07, 6.45) is 0. The Morgan fingerprint density at radius 1 is 0.368 bits per heavy atom. The number of carbonyl (C=O) groups excluding carboxylic acids is 2. The number of rotatable bonds is 10. The maximum absolute atomic E-state index is 13.4. The fourth-order valence-corrected chi connectivity index (χ4v) is 1.94. The molecule has 4 nitrogen and oxygen atoms in total. The van der Waals surface area contributed by atoms with Gasteiger partial charge in [0.25, 0.3) is 0 Å². The lowest BCUT2D eigenvalue weighted by Gasteiger charge is -2.37. The molecule has 0 aliphatic carbocycles. The van der Waals surface area contributed by atoms with Crippen molar-refractivity contribution >= 4 is 35.0 Å². The molecule has 0 atom stereocenters. The van der Waals surface area contributed by atoms with Crippen LogP contribution in [0.5, 0.6) is 0 Å². The lowest BCUT2D eigenvalue weighted by atomic mass is 9.97. The molecule has 0 aliphatic rings. The minimum absolute atomic E-state index is 0.597. The minimum atomic E-state index is -8.03. The molecule has 0 saturated heterocycles. The summed E-state index contributed by atoms with van der Waals surface area (Å²) in [4.78, 5) is 21.9. The molecule has 0 saturated carbocycles. The van der Waals surface area contributed by atoms with Gasteiger partial charge in [0.2, 0.25) is 0 Å². The predicted molar refractivity (Wildman–Crippen MR) is 77.5 cm³/mol. The Kier molecular flexibility index (Phi) is 8.89. The van der Waals surface area contributed by atoms with Crippen LogP contribution in [0.4, 0.5) is 87.8 Å². The summed E-state index contributed by atoms with van der Waals surface area (Å²) in [6, 6.07) is 0. The van der Waals surface area contributed by atoms with Gasteiger partial charge in [0, 0.05) is 0 Å². The summed E-state index contributed by atoms with van der Waals surface area (Å²) < 4.78 is 260. The van der Waals surface area contributed by atoms with Crippen molar-refractivity contribution in [2.45, 2.75) is 58.1 Å². The van der Waals surface area contributed by atoms with Gasteiger partial charge < -0.3 is 0 Å². The Hall–Kier alpha value is -1.88. The molecule has 0 aromatic carbocycles. The van der Waals surface area contributed by atoms with Crippen LogP contribution in [-0.4, -0.2) is 70.0 Å². The van der Waals surface area contributed by atoms with Crippen molar-refractivity contribution < 1.29 is 97.4 Å². The smallest absolute Gasteiger partial charge is 0.266 e. The molecule has 38 heavy (non-hydrogen) atoms. The number of alkyl halides is 22. The highest BCUT2D eigenvalue weighted by atomic mass is 35.5. The maximum atomic E-state index is 13.4. The molecule has 0 radical (unpaired) electrons. The molecule has 26 heteroatoms. The van der Waals surface area contributed by atoms with Crippen LogP contribution in [0.2, 0.25) is 0 Å². The Morgan fingerprint density at radius 2 is 0.553 bits per heavy atom. The molecule has 0 bridgehead atoms. The third-order valence-corrected chi connectivity index (χ3v) is 4.41. The number of amides is 2. The topological polar surface area (TPSA) is 58.2 Å². The number of carbonyl (C=O) groups is 2. The average molecular weight is 657 g/mol. The van der Waals surface area contributed by atoms with Gasteiger partial charge in [0.05, 0.1) is 0 Å². The maximum Gasteiger partial charge on any atom is 0.394 e. The van der Waals surface area contributed by atoms with Crippen LogP contribution >= 0.6 is 23.2 Å². The zero-order valence-electron chi connectivity index (χ0n) is 16.1. The van der Waals surface area contributed by atoms with Crippen LogP contribution < -0.4 is 10.9 Å². The van der Waals surface area contributed by atoms with Gasteiger partial charge in [-0.1, -0.05) is 0 Å². The first-order valence-corrected chi connectivity index (χ1v) is 8.57. The SMILES string of the molecule is O=C(NNC(=O)C(F)(F)C(F)(F)C(F)(F)C(F)(F)C(F)(F)Cl)C(F)(F)C(F)(F)C(F)(F)C(F)(F)C(F)(F)Cl. The van der Waals surface area contributed by atoms with E-state index in [1.807, 2.05) is 0 Å². The standard InChI is InChI=1S/C12H2Cl2F20N2O2/c13-11(31,32)9(27,28)7(23,24)5(19,20)3(15,16)1(37)35-36-2(38)4(17,18)6(21,22)8(25,26)10(29,30)12(14,33)34/h(H,35,37)(H,36,38). The number of halogens is 22. The van der Waals surface area contributed by atoms with E-state index in [9.17, 15) is 97.4 Å². The second-order valence-electron chi connectivity index (χ2n) is 6.50. The third-order valence-electron chi connectivity index (χ3n) is 3.94. The van der Waals surface area contributed by atoms with Gasteiger partial charge in [0.1, 0.15) is 0 Å². The predicted octanol–water partition coefficient (Wildman–Crippen LogP) is 5.88. The van der Waals surface area contributed by atoms with Crippen LogP contribution in [-0.2, 0) is 9.59 Å². The fourth-order valence-electron chi connectivity index (χ4n) is 1.70. The van der Waals surface area contributed by atoms with Gasteiger partial charge in [-0.25, -0.2) is 0 Å². The van der Waals surface area contributed by atoms with Crippen molar-refractivity contribution in [2.24, 2.45) is 0 Å². The molecule has 0 spiro atoms. The van der Waals surface area contributed by atoms with E-state index in [1.165, 1.54) is 0 Å². The molecule has 0 fully saturated rings. The minimum Gasteiger partial charge on any atom is -0.266 e. The molecule has 0 heterocycles. The van der Waals surface area contributed by atoms with Gasteiger partial charge in [-0.2, -0.15) is 87.8 Å². The summed E-state index contributed by atoms with van der Waals surface area (Å²) in [7, 11) is 0. The summed E-state index contributed by atoms with van der Waals surface area (Å²) in [5, 5.41) is -13.5. The number of hydrogen-bond donors (Lipinski definition) is 2. The first kappa shape index (κ1) is 36.1. The first-order valence-electron chi connectivity index (χ1n) is 7.82. The second kappa shape index (κ2) is 9.35. The van der Waals surface area contributed by atoms with Crippen molar-refractivity contribution in [3.8, 4) is 0 Å². The molecule has 0 aliphatic heterocycles. The summed E-state index contributed by atoms with van der Waals surface area (Å²) in [5.41, 5.74) is -1.19. The normalized spacial score (nSPS) is 15.8. The largest absolute Gasteiger partial charge is 0.394 e. The number of hydrogen-bond acceptors (Lipinski definition) is 2. The van der Waals surface area contributed by atoms with Crippen molar-refractivity contribution in [1.29, 1.82) is 0 Å². The van der Waals surface area contributed by atoms with Gasteiger partial charge in [-0.3, -0.25) is 20.4 Å². The van der Waals surface area contributed by atoms with E-state index in [0.717, 1.165) is 0 Å². The highest BCUT2D eigenvalue weighted by Gasteiger charge is 2.89. The van der Waals surface area contributed by atoms with Gasteiger partial charge in [0.15, 0.2) is 0 Å². The molecule has 0 rings (SSSR count). The molecule has 0 unspecified atom stereocenters. The zero-order valence-corrected chi connectivity index (χ0v) is 17.6. The molecular formula is C12H2Cl2F20N2O2. The van der Waals surface area contributed by atoms with Crippen LogP contribution in [0.15, 0.2) is 0 Å². The average Bonchev–Trinajstić information content (AvgIpc) is 2.68. The lowest BCUT2D eigenvalue weighted by molar-refractivity contribution is -0.383. The Balaban J connectivity index is 6.17. The van der Waals surface area contributed by atoms with Gasteiger partial charge in [-0.05, 0) is 23.2 Å². The van der Waals surface area contributed by atoms with E-state index >= 15 is 0 Å². The lowest BCUT2D eigenvalue weighted by Crippen LogP contribution is -2.71. The summed E-state index contributed by atoms with van der Waals surface area (Å²) in [6.45, 7) is 0. The van der Waals surface area contributed by atoms with Gasteiger partial charge >= 0.3 is 70.0 Å². The highest BCUT2D eigenvalue weighted by Crippen LogP contribution is 2.59. The summed E-state index contributed by atoms with van der Waals surface area (Å²) >= 11 is 6.83. The van der Waals surface area contributed by atoms with Crippen molar-refractivity contribution in [2.75, 3.05) is 0 Å². The fraction of sp³-hybridized carbons (Fsp3) is 0.833. The Labute approximate surface area is 202 Å². The van der Waals surface area contributed by atoms with E-state index in [0.29, 0.717) is 0 Å². The van der Waals surface area contributed by atoms with E-state index in [2.05, 4.69) is 23.2 Å². The number of nitrogens with one attached hydrogen (secondary N) is 2. The molecule has 2 N–H and O–H groups in total. The monoisotopic (exact) mass is 656 g/mol. The molecule has 0 aromatic rings. The second-order valence-corrected chi connectivity index (χ2v) is 7.45. The summed E-state index contributed by atoms with van der Waals surface area (Å²) in [5.74, 6) is -71.3. The highest BCUT2D eigenvalue weighted by molar-refractivity contribution is 6.22. The third kappa shape index (κ3) is 4.93. The molecular weight excluding hydrogens is 655 g/mol. The Bertz CT molecular complexity index is 850. The van der Waals surface area contributed by atoms with E-state index in [-0.39, 0.29) is 0 Å². The van der Waals surface area contributed by atoms with Crippen molar-refractivity contribution in [1.82, 2.24) is 10.9 Å². The van der Waals surface area contributed by atoms with E-state index < -0.39 is 80.8 Å².